The SMILES string of the molecule is c1ccc(-c2ccon2)c(-c2ccon2)c1. The van der Waals surface area contributed by atoms with Crippen molar-refractivity contribution in [3.8, 4) is 22.5 Å². The molecule has 2 heterocycles. The molecule has 0 atom stereocenters. The van der Waals surface area contributed by atoms with Gasteiger partial charge in [-0.25, -0.2) is 0 Å². The highest BCUT2D eigenvalue weighted by Crippen LogP contribution is 2.29. The van der Waals surface area contributed by atoms with Crippen molar-refractivity contribution in [3.05, 3.63) is 48.9 Å². The first-order chi connectivity index (χ1) is 7.95. The molecule has 0 amide bonds. The maximum absolute atomic E-state index is 4.85. The predicted octanol–water partition coefficient (Wildman–Crippen LogP) is 3.00. The summed E-state index contributed by atoms with van der Waals surface area (Å²) in [6.07, 6.45) is 3.10. The van der Waals surface area contributed by atoms with Crippen LogP contribution < -0.4 is 0 Å². The molecule has 0 bridgehead atoms. The van der Waals surface area contributed by atoms with Crippen molar-refractivity contribution in [2.75, 3.05) is 0 Å². The second kappa shape index (κ2) is 3.66. The van der Waals surface area contributed by atoms with Gasteiger partial charge in [0.05, 0.1) is 0 Å². The zero-order valence-electron chi connectivity index (χ0n) is 8.33. The fourth-order valence-electron chi connectivity index (χ4n) is 1.63. The summed E-state index contributed by atoms with van der Waals surface area (Å²) in [6, 6.07) is 11.5. The molecule has 4 heteroatoms. The molecule has 2 aromatic heterocycles. The lowest BCUT2D eigenvalue weighted by atomic mass is 10.0. The lowest BCUT2D eigenvalue weighted by molar-refractivity contribution is 0.421. The van der Waals surface area contributed by atoms with Gasteiger partial charge >= 0.3 is 0 Å². The van der Waals surface area contributed by atoms with E-state index < -0.39 is 0 Å². The van der Waals surface area contributed by atoms with Crippen LogP contribution in [0, 0.1) is 0 Å². The smallest absolute Gasteiger partial charge is 0.124 e. The van der Waals surface area contributed by atoms with E-state index >= 15 is 0 Å². The van der Waals surface area contributed by atoms with Crippen molar-refractivity contribution in [3.63, 3.8) is 0 Å². The maximum Gasteiger partial charge on any atom is 0.124 e. The lowest BCUT2D eigenvalue weighted by Crippen LogP contribution is -1.84. The number of hydrogen-bond donors (Lipinski definition) is 0. The van der Waals surface area contributed by atoms with Crippen LogP contribution in [0.25, 0.3) is 22.5 Å². The summed E-state index contributed by atoms with van der Waals surface area (Å²) in [7, 11) is 0. The summed E-state index contributed by atoms with van der Waals surface area (Å²) >= 11 is 0. The molecular formula is C12H8N2O2. The molecule has 0 aliphatic rings. The van der Waals surface area contributed by atoms with Gasteiger partial charge in [0.2, 0.25) is 0 Å². The minimum absolute atomic E-state index is 0.790. The largest absolute Gasteiger partial charge is 0.364 e. The molecule has 0 N–H and O–H groups in total. The first-order valence-electron chi connectivity index (χ1n) is 4.86. The van der Waals surface area contributed by atoms with E-state index in [9.17, 15) is 0 Å². The van der Waals surface area contributed by atoms with Gasteiger partial charge in [0.25, 0.3) is 0 Å². The minimum atomic E-state index is 0.790. The van der Waals surface area contributed by atoms with Crippen LogP contribution >= 0.6 is 0 Å². The Kier molecular flexibility index (Phi) is 2.04. The van der Waals surface area contributed by atoms with Crippen LogP contribution in [-0.2, 0) is 0 Å². The second-order valence-corrected chi connectivity index (χ2v) is 3.31. The van der Waals surface area contributed by atoms with Gasteiger partial charge in [-0.15, -0.1) is 0 Å². The van der Waals surface area contributed by atoms with Gasteiger partial charge in [-0.05, 0) is 0 Å². The lowest BCUT2D eigenvalue weighted by Gasteiger charge is -2.02. The number of aromatic nitrogens is 2. The van der Waals surface area contributed by atoms with Crippen LogP contribution in [-0.4, -0.2) is 10.3 Å². The van der Waals surface area contributed by atoms with Gasteiger partial charge in [-0.1, -0.05) is 34.6 Å². The molecule has 3 aromatic rings. The molecule has 0 unspecified atom stereocenters. The number of nitrogens with zero attached hydrogens (tertiary/aromatic N) is 2. The summed E-state index contributed by atoms with van der Waals surface area (Å²) < 4.78 is 9.69. The highest BCUT2D eigenvalue weighted by atomic mass is 16.5. The van der Waals surface area contributed by atoms with Gasteiger partial charge < -0.3 is 9.05 Å². The van der Waals surface area contributed by atoms with Crippen LogP contribution in [0.15, 0.2) is 58.0 Å². The van der Waals surface area contributed by atoms with Crippen molar-refractivity contribution in [2.24, 2.45) is 0 Å². The van der Waals surface area contributed by atoms with Gasteiger partial charge in [-0.2, -0.15) is 0 Å². The van der Waals surface area contributed by atoms with Gasteiger partial charge in [0.1, 0.15) is 23.9 Å². The van der Waals surface area contributed by atoms with Crippen molar-refractivity contribution in [2.45, 2.75) is 0 Å². The third-order valence-corrected chi connectivity index (χ3v) is 2.35. The first kappa shape index (κ1) is 8.91. The predicted molar refractivity (Wildman–Crippen MR) is 57.4 cm³/mol. The molecule has 0 saturated heterocycles. The number of hydrogen-bond acceptors (Lipinski definition) is 4. The number of rotatable bonds is 2. The summed E-state index contributed by atoms with van der Waals surface area (Å²) in [5.41, 5.74) is 3.53. The molecule has 1 aromatic carbocycles. The van der Waals surface area contributed by atoms with Crippen molar-refractivity contribution < 1.29 is 9.05 Å². The molecular weight excluding hydrogens is 204 g/mol. The summed E-state index contributed by atoms with van der Waals surface area (Å²) in [5, 5.41) is 7.85. The molecule has 3 rings (SSSR count). The van der Waals surface area contributed by atoms with Crippen LogP contribution in [0.1, 0.15) is 0 Å². The van der Waals surface area contributed by atoms with E-state index in [0.29, 0.717) is 0 Å². The third-order valence-electron chi connectivity index (χ3n) is 2.35. The normalized spacial score (nSPS) is 10.5. The van der Waals surface area contributed by atoms with E-state index in [0.717, 1.165) is 22.5 Å². The van der Waals surface area contributed by atoms with Crippen molar-refractivity contribution >= 4 is 0 Å². The highest BCUT2D eigenvalue weighted by molar-refractivity contribution is 5.79. The van der Waals surface area contributed by atoms with E-state index in [-0.39, 0.29) is 0 Å². The average Bonchev–Trinajstić information content (AvgIpc) is 3.03. The second-order valence-electron chi connectivity index (χ2n) is 3.31. The molecule has 0 radical (unpaired) electrons. The van der Waals surface area contributed by atoms with E-state index in [1.54, 1.807) is 12.5 Å². The fraction of sp³-hybridized carbons (Fsp3) is 0. The van der Waals surface area contributed by atoms with Crippen LogP contribution in [0.4, 0.5) is 0 Å². The Hall–Kier alpha value is -2.36. The monoisotopic (exact) mass is 212 g/mol. The van der Waals surface area contributed by atoms with Gasteiger partial charge in [-0.3, -0.25) is 0 Å². The summed E-state index contributed by atoms with van der Waals surface area (Å²) in [5.74, 6) is 0. The quantitative estimate of drug-likeness (QED) is 0.655. The van der Waals surface area contributed by atoms with Crippen LogP contribution in [0.2, 0.25) is 0 Å². The van der Waals surface area contributed by atoms with E-state index in [4.69, 9.17) is 9.05 Å². The van der Waals surface area contributed by atoms with Gasteiger partial charge in [0, 0.05) is 23.3 Å². The minimum Gasteiger partial charge on any atom is -0.364 e. The molecule has 78 valence electrons. The highest BCUT2D eigenvalue weighted by Gasteiger charge is 2.10. The molecule has 0 aliphatic heterocycles. The van der Waals surface area contributed by atoms with E-state index in [1.165, 1.54) is 0 Å². The molecule has 4 nitrogen and oxygen atoms in total. The van der Waals surface area contributed by atoms with Crippen LogP contribution in [0.3, 0.4) is 0 Å². The maximum atomic E-state index is 4.85. The zero-order valence-corrected chi connectivity index (χ0v) is 8.33. The molecule has 0 fully saturated rings. The molecule has 16 heavy (non-hydrogen) atoms. The Bertz CT molecular complexity index is 518. The van der Waals surface area contributed by atoms with Crippen LogP contribution in [0.5, 0.6) is 0 Å². The third kappa shape index (κ3) is 1.40. The fourth-order valence-corrected chi connectivity index (χ4v) is 1.63. The number of benzene rings is 1. The summed E-state index contributed by atoms with van der Waals surface area (Å²) in [6.45, 7) is 0. The van der Waals surface area contributed by atoms with Gasteiger partial charge in [0.15, 0.2) is 0 Å². The Labute approximate surface area is 91.5 Å². The summed E-state index contributed by atoms with van der Waals surface area (Å²) in [4.78, 5) is 0. The Morgan fingerprint density at radius 1 is 0.688 bits per heavy atom. The van der Waals surface area contributed by atoms with Crippen molar-refractivity contribution in [1.82, 2.24) is 10.3 Å². The van der Waals surface area contributed by atoms with Crippen molar-refractivity contribution in [1.29, 1.82) is 0 Å². The Morgan fingerprint density at radius 2 is 1.19 bits per heavy atom. The standard InChI is InChI=1S/C12H8N2O2/c1-2-4-10(12-6-8-16-14-12)9(3-1)11-5-7-15-13-11/h1-8H. The van der Waals surface area contributed by atoms with E-state index in [2.05, 4.69) is 10.3 Å². The molecule has 0 spiro atoms. The zero-order chi connectivity index (χ0) is 10.8. The van der Waals surface area contributed by atoms with E-state index in [1.807, 2.05) is 36.4 Å². The first-order valence-corrected chi connectivity index (χ1v) is 4.86. The Balaban J connectivity index is 2.19. The molecule has 0 aliphatic carbocycles. The average molecular weight is 212 g/mol. The topological polar surface area (TPSA) is 52.1 Å². The molecule has 0 saturated carbocycles. The Morgan fingerprint density at radius 3 is 1.56 bits per heavy atom.